The highest BCUT2D eigenvalue weighted by molar-refractivity contribution is 7.17. The Morgan fingerprint density at radius 3 is 2.58 bits per heavy atom. The van der Waals surface area contributed by atoms with Crippen molar-refractivity contribution >= 4 is 56.2 Å². The average Bonchev–Trinajstić information content (AvgIpc) is 3.40. The number of benzene rings is 3. The smallest absolute Gasteiger partial charge is 0.262 e. The molecular formula is C26H21ClN2O3S. The van der Waals surface area contributed by atoms with Gasteiger partial charge in [0, 0.05) is 21.0 Å². The summed E-state index contributed by atoms with van der Waals surface area (Å²) in [5.41, 5.74) is 2.34. The lowest BCUT2D eigenvalue weighted by Gasteiger charge is -2.12. The molecule has 0 unspecified atom stereocenters. The molecule has 0 bridgehead atoms. The number of hydrogen-bond acceptors (Lipinski definition) is 4. The molecule has 3 aromatic carbocycles. The van der Waals surface area contributed by atoms with Gasteiger partial charge in [-0.2, -0.15) is 0 Å². The van der Waals surface area contributed by atoms with Crippen LogP contribution in [0.25, 0.3) is 10.8 Å². The van der Waals surface area contributed by atoms with Crippen molar-refractivity contribution in [3.8, 4) is 5.75 Å². The minimum absolute atomic E-state index is 0.158. The fourth-order valence-electron chi connectivity index (χ4n) is 4.09. The molecule has 5 nitrogen and oxygen atoms in total. The molecule has 0 fully saturated rings. The van der Waals surface area contributed by atoms with Crippen LogP contribution in [0.15, 0.2) is 66.7 Å². The molecule has 0 radical (unpaired) electrons. The third-order valence-corrected chi connectivity index (χ3v) is 7.08. The summed E-state index contributed by atoms with van der Waals surface area (Å²) in [7, 11) is 0. The number of halogens is 1. The van der Waals surface area contributed by atoms with E-state index in [-0.39, 0.29) is 18.4 Å². The largest absolute Gasteiger partial charge is 0.484 e. The van der Waals surface area contributed by atoms with Gasteiger partial charge in [0.2, 0.25) is 0 Å². The monoisotopic (exact) mass is 476 g/mol. The molecule has 0 saturated heterocycles. The van der Waals surface area contributed by atoms with Crippen LogP contribution in [0.5, 0.6) is 5.75 Å². The first-order valence-electron chi connectivity index (χ1n) is 10.7. The molecule has 1 aliphatic rings. The number of fused-ring (bicyclic) bond motifs is 2. The zero-order valence-corrected chi connectivity index (χ0v) is 19.3. The van der Waals surface area contributed by atoms with Gasteiger partial charge in [-0.1, -0.05) is 48.0 Å². The van der Waals surface area contributed by atoms with Crippen molar-refractivity contribution in [3.63, 3.8) is 0 Å². The predicted octanol–water partition coefficient (Wildman–Crippen LogP) is 6.31. The topological polar surface area (TPSA) is 67.4 Å². The first kappa shape index (κ1) is 21.5. The van der Waals surface area contributed by atoms with Gasteiger partial charge in [0.15, 0.2) is 6.61 Å². The molecule has 5 rings (SSSR count). The molecule has 0 aliphatic heterocycles. The third kappa shape index (κ3) is 4.58. The average molecular weight is 477 g/mol. The van der Waals surface area contributed by atoms with Gasteiger partial charge in [-0.15, -0.1) is 11.3 Å². The Bertz CT molecular complexity index is 1340. The van der Waals surface area contributed by atoms with E-state index in [1.165, 1.54) is 11.3 Å². The van der Waals surface area contributed by atoms with Gasteiger partial charge >= 0.3 is 0 Å². The summed E-state index contributed by atoms with van der Waals surface area (Å²) in [5.74, 6) is 0.0286. The second kappa shape index (κ2) is 9.25. The van der Waals surface area contributed by atoms with Crippen molar-refractivity contribution in [2.75, 3.05) is 17.2 Å². The molecule has 33 heavy (non-hydrogen) atoms. The molecule has 0 spiro atoms. The maximum Gasteiger partial charge on any atom is 0.262 e. The van der Waals surface area contributed by atoms with E-state index in [9.17, 15) is 9.59 Å². The van der Waals surface area contributed by atoms with Gasteiger partial charge in [-0.3, -0.25) is 9.59 Å². The van der Waals surface area contributed by atoms with E-state index >= 15 is 0 Å². The van der Waals surface area contributed by atoms with E-state index in [0.29, 0.717) is 21.3 Å². The van der Waals surface area contributed by atoms with E-state index < -0.39 is 0 Å². The van der Waals surface area contributed by atoms with E-state index in [1.54, 1.807) is 24.3 Å². The quantitative estimate of drug-likeness (QED) is 0.342. The van der Waals surface area contributed by atoms with Crippen LogP contribution in [0.4, 0.5) is 10.7 Å². The van der Waals surface area contributed by atoms with E-state index in [1.807, 2.05) is 42.5 Å². The van der Waals surface area contributed by atoms with Crippen molar-refractivity contribution < 1.29 is 14.3 Å². The molecule has 2 N–H and O–H groups in total. The number of anilines is 2. The van der Waals surface area contributed by atoms with Crippen molar-refractivity contribution in [1.29, 1.82) is 0 Å². The second-order valence-electron chi connectivity index (χ2n) is 7.83. The van der Waals surface area contributed by atoms with Crippen LogP contribution >= 0.6 is 22.9 Å². The summed E-state index contributed by atoms with van der Waals surface area (Å²) >= 11 is 7.36. The Morgan fingerprint density at radius 1 is 0.939 bits per heavy atom. The number of rotatable bonds is 6. The van der Waals surface area contributed by atoms with Crippen molar-refractivity contribution in [3.05, 3.63) is 87.8 Å². The lowest BCUT2D eigenvalue weighted by Crippen LogP contribution is -2.22. The Kier molecular flexibility index (Phi) is 6.03. The molecule has 7 heteroatoms. The van der Waals surface area contributed by atoms with Crippen LogP contribution in [0, 0.1) is 0 Å². The van der Waals surface area contributed by atoms with Crippen molar-refractivity contribution in [2.45, 2.75) is 19.3 Å². The molecule has 1 aliphatic carbocycles. The molecule has 1 heterocycles. The minimum atomic E-state index is -0.316. The van der Waals surface area contributed by atoms with E-state index in [0.717, 1.165) is 46.2 Å². The zero-order valence-electron chi connectivity index (χ0n) is 17.7. The number of ether oxygens (including phenoxy) is 1. The zero-order chi connectivity index (χ0) is 22.8. The van der Waals surface area contributed by atoms with Crippen LogP contribution < -0.4 is 15.4 Å². The van der Waals surface area contributed by atoms with Crippen molar-refractivity contribution in [2.24, 2.45) is 0 Å². The van der Waals surface area contributed by atoms with Crippen LogP contribution in [-0.4, -0.2) is 18.4 Å². The summed E-state index contributed by atoms with van der Waals surface area (Å²) in [5, 5.41) is 9.16. The first-order chi connectivity index (χ1) is 16.1. The van der Waals surface area contributed by atoms with Crippen LogP contribution in [0.1, 0.15) is 27.2 Å². The number of aryl methyl sites for hydroxylation is 1. The molecular weight excluding hydrogens is 456 g/mol. The van der Waals surface area contributed by atoms with Gasteiger partial charge in [0.25, 0.3) is 11.8 Å². The summed E-state index contributed by atoms with van der Waals surface area (Å²) < 4.78 is 5.55. The lowest BCUT2D eigenvalue weighted by molar-refractivity contribution is -0.118. The highest BCUT2D eigenvalue weighted by Gasteiger charge is 2.28. The van der Waals surface area contributed by atoms with Gasteiger partial charge in [-0.05, 0) is 60.5 Å². The Morgan fingerprint density at radius 2 is 1.73 bits per heavy atom. The highest BCUT2D eigenvalue weighted by Crippen LogP contribution is 2.39. The normalized spacial score (nSPS) is 12.4. The van der Waals surface area contributed by atoms with Gasteiger partial charge in [0.1, 0.15) is 10.8 Å². The number of thiophene rings is 1. The van der Waals surface area contributed by atoms with Gasteiger partial charge in [0.05, 0.1) is 5.56 Å². The number of nitrogens with one attached hydrogen (secondary N) is 2. The van der Waals surface area contributed by atoms with Crippen molar-refractivity contribution in [1.82, 2.24) is 0 Å². The second-order valence-corrected chi connectivity index (χ2v) is 9.37. The highest BCUT2D eigenvalue weighted by atomic mass is 35.5. The summed E-state index contributed by atoms with van der Waals surface area (Å²) in [6.45, 7) is -0.158. The maximum atomic E-state index is 13.4. The fourth-order valence-corrected chi connectivity index (χ4v) is 5.52. The standard InChI is InChI=1S/C26H21ClN2O3S/c27-17-11-13-18(14-12-17)32-15-23(30)29-26-24(20-8-4-10-22(20)33-26)25(31)28-21-9-3-6-16-5-1-2-7-19(16)21/h1-3,5-7,9,11-14H,4,8,10,15H2,(H,28,31)(H,29,30). The number of amides is 2. The summed E-state index contributed by atoms with van der Waals surface area (Å²) in [6.07, 6.45) is 2.77. The SMILES string of the molecule is O=C(COc1ccc(Cl)cc1)Nc1sc2c(c1C(=O)Nc1cccc3ccccc13)CCC2. The minimum Gasteiger partial charge on any atom is -0.484 e. The lowest BCUT2D eigenvalue weighted by atomic mass is 10.1. The van der Waals surface area contributed by atoms with Crippen LogP contribution in [-0.2, 0) is 17.6 Å². The molecule has 166 valence electrons. The van der Waals surface area contributed by atoms with Crippen LogP contribution in [0.2, 0.25) is 5.02 Å². The molecule has 2 amide bonds. The van der Waals surface area contributed by atoms with Gasteiger partial charge in [-0.25, -0.2) is 0 Å². The fraction of sp³-hybridized carbons (Fsp3) is 0.154. The third-order valence-electron chi connectivity index (χ3n) is 5.62. The Labute approximate surface area is 200 Å². The molecule has 0 saturated carbocycles. The Balaban J connectivity index is 1.36. The summed E-state index contributed by atoms with van der Waals surface area (Å²) in [6, 6.07) is 20.6. The van der Waals surface area contributed by atoms with Crippen LogP contribution in [0.3, 0.4) is 0 Å². The number of carbonyl (C=O) groups is 2. The first-order valence-corrected chi connectivity index (χ1v) is 11.9. The number of hydrogen-bond donors (Lipinski definition) is 2. The maximum absolute atomic E-state index is 13.4. The van der Waals surface area contributed by atoms with Gasteiger partial charge < -0.3 is 15.4 Å². The number of carbonyl (C=O) groups excluding carboxylic acids is 2. The molecule has 1 aromatic heterocycles. The van der Waals surface area contributed by atoms with E-state index in [4.69, 9.17) is 16.3 Å². The Hall–Kier alpha value is -3.35. The van der Waals surface area contributed by atoms with E-state index in [2.05, 4.69) is 10.6 Å². The molecule has 0 atom stereocenters. The predicted molar refractivity (Wildman–Crippen MR) is 134 cm³/mol. The summed E-state index contributed by atoms with van der Waals surface area (Å²) in [4.78, 5) is 27.2. The molecule has 4 aromatic rings.